The molecule has 0 saturated carbocycles. The van der Waals surface area contributed by atoms with Crippen molar-refractivity contribution >= 4 is 0 Å². The van der Waals surface area contributed by atoms with E-state index in [4.69, 9.17) is 0 Å². The number of nitrogens with zero attached hydrogens (tertiary/aromatic N) is 1. The summed E-state index contributed by atoms with van der Waals surface area (Å²) >= 11 is -0.826. The minimum absolute atomic E-state index is 0.163. The van der Waals surface area contributed by atoms with Crippen LogP contribution in [0, 0.1) is 10.1 Å². The Morgan fingerprint density at radius 3 is 2.57 bits per heavy atom. The second-order valence-corrected chi connectivity index (χ2v) is 3.01. The zero-order valence-electron chi connectivity index (χ0n) is 4.18. The van der Waals surface area contributed by atoms with E-state index in [2.05, 4.69) is 0 Å². The molecule has 0 amide bonds. The molecule has 3 nitrogen and oxygen atoms in total. The summed E-state index contributed by atoms with van der Waals surface area (Å²) < 4.78 is 0.663. The monoisotopic (exact) mass is 137 g/mol. The van der Waals surface area contributed by atoms with Gasteiger partial charge in [0.15, 0.2) is 0 Å². The standard InChI is InChI=1S/C3H7.NO2.Ti/c1-3-2;2-1-3;/h1,3H2,2H3;;. The molecule has 0 rings (SSSR count). The van der Waals surface area contributed by atoms with Gasteiger partial charge in [-0.1, -0.05) is 0 Å². The Hall–Kier alpha value is 0.114. The Labute approximate surface area is 51.5 Å². The van der Waals surface area contributed by atoms with E-state index in [1.807, 2.05) is 6.92 Å². The average molecular weight is 137 g/mol. The van der Waals surface area contributed by atoms with Gasteiger partial charge in [0.05, 0.1) is 0 Å². The van der Waals surface area contributed by atoms with Gasteiger partial charge in [0, 0.05) is 0 Å². The fraction of sp³-hybridized carbons (Fsp3) is 1.00. The van der Waals surface area contributed by atoms with Gasteiger partial charge in [-0.05, 0) is 0 Å². The first-order valence-corrected chi connectivity index (χ1v) is 3.95. The van der Waals surface area contributed by atoms with Gasteiger partial charge >= 0.3 is 51.0 Å². The van der Waals surface area contributed by atoms with Crippen LogP contribution >= 0.6 is 0 Å². The van der Waals surface area contributed by atoms with E-state index in [1.54, 1.807) is 0 Å². The Kier molecular flexibility index (Phi) is 4.35. The third-order valence-corrected chi connectivity index (χ3v) is 2.02. The first-order valence-electron chi connectivity index (χ1n) is 2.15. The van der Waals surface area contributed by atoms with E-state index in [9.17, 15) is 10.1 Å². The molecular formula is C3H7NO2Ti. The zero-order valence-corrected chi connectivity index (χ0v) is 5.74. The van der Waals surface area contributed by atoms with Crippen molar-refractivity contribution in [3.05, 3.63) is 10.1 Å². The molecule has 0 aliphatic carbocycles. The minimum atomic E-state index is -0.826. The Balaban J connectivity index is 2.82. The van der Waals surface area contributed by atoms with Gasteiger partial charge in [-0.3, -0.25) is 0 Å². The van der Waals surface area contributed by atoms with Crippen molar-refractivity contribution in [2.45, 2.75) is 18.1 Å². The van der Waals surface area contributed by atoms with Crippen LogP contribution in [0.1, 0.15) is 13.3 Å². The summed E-state index contributed by atoms with van der Waals surface area (Å²) in [5.41, 5.74) is 0. The van der Waals surface area contributed by atoms with Crippen LogP contribution in [0.4, 0.5) is 0 Å². The van der Waals surface area contributed by atoms with Crippen molar-refractivity contribution in [1.29, 1.82) is 0 Å². The molecule has 0 unspecified atom stereocenters. The van der Waals surface area contributed by atoms with E-state index in [1.165, 1.54) is 0 Å². The van der Waals surface area contributed by atoms with Crippen molar-refractivity contribution in [2.75, 3.05) is 0 Å². The molecule has 0 aliphatic heterocycles. The van der Waals surface area contributed by atoms with Crippen LogP contribution in [0.25, 0.3) is 0 Å². The van der Waals surface area contributed by atoms with Gasteiger partial charge in [0.2, 0.25) is 0 Å². The third-order valence-electron chi connectivity index (χ3n) is 0.491. The fourth-order valence-electron chi connectivity index (χ4n) is 0.203. The van der Waals surface area contributed by atoms with E-state index in [0.717, 1.165) is 11.1 Å². The summed E-state index contributed by atoms with van der Waals surface area (Å²) in [4.78, 5) is 9.62. The predicted octanol–water partition coefficient (Wildman–Crippen LogP) is 1.09. The maximum absolute atomic E-state index is 9.62. The molecule has 0 aliphatic rings. The molecule has 0 radical (unpaired) electrons. The quantitative estimate of drug-likeness (QED) is 0.332. The van der Waals surface area contributed by atoms with E-state index < -0.39 is 19.4 Å². The molecular weight excluding hydrogens is 130 g/mol. The van der Waals surface area contributed by atoms with E-state index in [0.29, 0.717) is 0 Å². The molecule has 0 fully saturated rings. The summed E-state index contributed by atoms with van der Waals surface area (Å²) in [5.74, 6) is 0. The zero-order chi connectivity index (χ0) is 5.70. The molecule has 40 valence electrons. The van der Waals surface area contributed by atoms with Gasteiger partial charge in [0.25, 0.3) is 0 Å². The van der Waals surface area contributed by atoms with Crippen LogP contribution in [0.5, 0.6) is 0 Å². The molecule has 0 aromatic rings. The van der Waals surface area contributed by atoms with Crippen molar-refractivity contribution < 1.29 is 22.8 Å². The van der Waals surface area contributed by atoms with Crippen LogP contribution in [-0.4, -0.2) is 3.41 Å². The Bertz CT molecular complexity index is 66.0. The second kappa shape index (κ2) is 4.28. The molecule has 0 bridgehead atoms. The Morgan fingerprint density at radius 1 is 1.86 bits per heavy atom. The fourth-order valence-corrected chi connectivity index (χ4v) is 0.837. The van der Waals surface area contributed by atoms with Gasteiger partial charge in [-0.2, -0.15) is 0 Å². The van der Waals surface area contributed by atoms with Gasteiger partial charge < -0.3 is 0 Å². The molecule has 7 heavy (non-hydrogen) atoms. The summed E-state index contributed by atoms with van der Waals surface area (Å²) in [5, 5.41) is 9.62. The first kappa shape index (κ1) is 7.11. The molecule has 4 heteroatoms. The molecule has 0 N–H and O–H groups in total. The molecule has 0 spiro atoms. The normalized spacial score (nSPS) is 8.14. The molecule has 0 aromatic heterocycles. The van der Waals surface area contributed by atoms with Crippen LogP contribution < -0.4 is 0 Å². The van der Waals surface area contributed by atoms with Gasteiger partial charge in [-0.15, -0.1) is 0 Å². The summed E-state index contributed by atoms with van der Waals surface area (Å²) in [6.45, 7) is 1.97. The van der Waals surface area contributed by atoms with Crippen molar-refractivity contribution in [3.63, 3.8) is 0 Å². The summed E-state index contributed by atoms with van der Waals surface area (Å²) in [6.07, 6.45) is 0.959. The topological polar surface area (TPSA) is 43.1 Å². The van der Waals surface area contributed by atoms with Crippen molar-refractivity contribution in [2.24, 2.45) is 0 Å². The van der Waals surface area contributed by atoms with Gasteiger partial charge in [0.1, 0.15) is 0 Å². The third kappa shape index (κ3) is 6.11. The van der Waals surface area contributed by atoms with E-state index >= 15 is 0 Å². The van der Waals surface area contributed by atoms with Crippen LogP contribution in [0.2, 0.25) is 4.73 Å². The van der Waals surface area contributed by atoms with Gasteiger partial charge in [-0.25, -0.2) is 0 Å². The van der Waals surface area contributed by atoms with Crippen LogP contribution in [0.15, 0.2) is 0 Å². The molecule has 0 saturated heterocycles. The molecule has 0 heterocycles. The van der Waals surface area contributed by atoms with Crippen molar-refractivity contribution in [1.82, 2.24) is 0 Å². The van der Waals surface area contributed by atoms with Crippen molar-refractivity contribution in [3.8, 4) is 0 Å². The SMILES string of the molecule is CC[CH2][Ti][N+](=O)[O-]. The summed E-state index contributed by atoms with van der Waals surface area (Å²) in [6, 6.07) is 0. The van der Waals surface area contributed by atoms with Crippen LogP contribution in [0.3, 0.4) is 0 Å². The summed E-state index contributed by atoms with van der Waals surface area (Å²) in [7, 11) is 0. The number of nitro groups is 1. The average Bonchev–Trinajstić information content (AvgIpc) is 1.61. The number of hydrogen-bond acceptors (Lipinski definition) is 2. The first-order chi connectivity index (χ1) is 3.27. The van der Waals surface area contributed by atoms with Crippen LogP contribution in [-0.2, 0) is 19.4 Å². The second-order valence-electron chi connectivity index (χ2n) is 1.17. The van der Waals surface area contributed by atoms with E-state index in [-0.39, 0.29) is 3.41 Å². The molecule has 0 atom stereocenters. The number of hydrogen-bond donors (Lipinski definition) is 0. The maximum atomic E-state index is 9.62. The molecule has 0 aromatic carbocycles. The number of rotatable bonds is 3. The predicted molar refractivity (Wildman–Crippen MR) is 22.1 cm³/mol. The Morgan fingerprint density at radius 2 is 2.43 bits per heavy atom.